The van der Waals surface area contributed by atoms with Gasteiger partial charge in [0, 0.05) is 37.8 Å². The molecule has 0 radical (unpaired) electrons. The van der Waals surface area contributed by atoms with Gasteiger partial charge in [0.1, 0.15) is 0 Å². The number of hydrogen-bond acceptors (Lipinski definition) is 2. The van der Waals surface area contributed by atoms with E-state index in [4.69, 9.17) is 5.73 Å². The molecule has 5 heteroatoms. The standard InChI is InChI=1S/C10H15F2N3/c11-10(12)2-1-8(9(13)5-10)6-15-4-3-14-7-15/h3-4,7-9H,1-2,5-6,13H2/t8-,9-/m0/s1. The third-order valence-electron chi connectivity index (χ3n) is 3.03. The van der Waals surface area contributed by atoms with Crippen molar-refractivity contribution in [1.82, 2.24) is 9.55 Å². The van der Waals surface area contributed by atoms with E-state index >= 15 is 0 Å². The number of imidazole rings is 1. The fourth-order valence-corrected chi connectivity index (χ4v) is 2.12. The first-order valence-corrected chi connectivity index (χ1v) is 5.16. The van der Waals surface area contributed by atoms with Crippen molar-refractivity contribution in [2.24, 2.45) is 11.7 Å². The molecule has 84 valence electrons. The molecule has 0 saturated heterocycles. The average molecular weight is 215 g/mol. The Morgan fingerprint density at radius 1 is 1.53 bits per heavy atom. The van der Waals surface area contributed by atoms with Crippen LogP contribution in [0.4, 0.5) is 8.78 Å². The Kier molecular flexibility index (Phi) is 2.73. The topological polar surface area (TPSA) is 43.8 Å². The summed E-state index contributed by atoms with van der Waals surface area (Å²) in [7, 11) is 0. The largest absolute Gasteiger partial charge is 0.337 e. The Hall–Kier alpha value is -0.970. The normalized spacial score (nSPS) is 30.3. The Balaban J connectivity index is 1.95. The zero-order valence-electron chi connectivity index (χ0n) is 8.44. The maximum absolute atomic E-state index is 13.0. The zero-order chi connectivity index (χ0) is 10.9. The van der Waals surface area contributed by atoms with Crippen molar-refractivity contribution in [2.45, 2.75) is 37.8 Å². The smallest absolute Gasteiger partial charge is 0.249 e. The molecule has 15 heavy (non-hydrogen) atoms. The fraction of sp³-hybridized carbons (Fsp3) is 0.700. The average Bonchev–Trinajstić information content (AvgIpc) is 2.61. The number of nitrogens with two attached hydrogens (primary N) is 1. The molecule has 1 aliphatic carbocycles. The molecule has 0 unspecified atom stereocenters. The summed E-state index contributed by atoms with van der Waals surface area (Å²) in [6, 6.07) is -0.406. The highest BCUT2D eigenvalue weighted by molar-refractivity contribution is 4.88. The first kappa shape index (κ1) is 10.5. The summed E-state index contributed by atoms with van der Waals surface area (Å²) >= 11 is 0. The van der Waals surface area contributed by atoms with Crippen LogP contribution in [0.3, 0.4) is 0 Å². The van der Waals surface area contributed by atoms with Crippen LogP contribution in [0.1, 0.15) is 19.3 Å². The van der Waals surface area contributed by atoms with Gasteiger partial charge in [0.05, 0.1) is 6.33 Å². The molecule has 1 aromatic rings. The lowest BCUT2D eigenvalue weighted by Gasteiger charge is -2.33. The molecule has 2 N–H and O–H groups in total. The zero-order valence-corrected chi connectivity index (χ0v) is 8.44. The van der Waals surface area contributed by atoms with Crippen molar-refractivity contribution in [2.75, 3.05) is 0 Å². The maximum atomic E-state index is 13.0. The molecule has 1 saturated carbocycles. The van der Waals surface area contributed by atoms with Crippen LogP contribution in [-0.2, 0) is 6.54 Å². The van der Waals surface area contributed by atoms with Gasteiger partial charge >= 0.3 is 0 Å². The van der Waals surface area contributed by atoms with Crippen molar-refractivity contribution < 1.29 is 8.78 Å². The van der Waals surface area contributed by atoms with E-state index < -0.39 is 12.0 Å². The SMILES string of the molecule is N[C@H]1CC(F)(F)CC[C@H]1Cn1ccnc1. The summed E-state index contributed by atoms with van der Waals surface area (Å²) in [5.41, 5.74) is 5.76. The summed E-state index contributed by atoms with van der Waals surface area (Å²) in [6.07, 6.45) is 5.47. The van der Waals surface area contributed by atoms with Crippen LogP contribution in [-0.4, -0.2) is 21.5 Å². The first-order valence-electron chi connectivity index (χ1n) is 5.16. The molecule has 0 spiro atoms. The molecular weight excluding hydrogens is 200 g/mol. The van der Waals surface area contributed by atoms with Crippen molar-refractivity contribution in [3.05, 3.63) is 18.7 Å². The lowest BCUT2D eigenvalue weighted by Crippen LogP contribution is -2.43. The fourth-order valence-electron chi connectivity index (χ4n) is 2.12. The quantitative estimate of drug-likeness (QED) is 0.815. The molecule has 0 bridgehead atoms. The Morgan fingerprint density at radius 3 is 2.93 bits per heavy atom. The van der Waals surface area contributed by atoms with Gasteiger partial charge in [0.2, 0.25) is 5.92 Å². The van der Waals surface area contributed by atoms with Crippen molar-refractivity contribution in [3.63, 3.8) is 0 Å². The Morgan fingerprint density at radius 2 is 2.33 bits per heavy atom. The van der Waals surface area contributed by atoms with Crippen LogP contribution in [0.25, 0.3) is 0 Å². The highest BCUT2D eigenvalue weighted by Crippen LogP contribution is 2.36. The second-order valence-corrected chi connectivity index (χ2v) is 4.28. The molecule has 0 aromatic carbocycles. The van der Waals surface area contributed by atoms with Gasteiger partial charge in [-0.2, -0.15) is 0 Å². The van der Waals surface area contributed by atoms with Gasteiger partial charge in [-0.3, -0.25) is 0 Å². The van der Waals surface area contributed by atoms with E-state index in [9.17, 15) is 8.78 Å². The van der Waals surface area contributed by atoms with Crippen molar-refractivity contribution >= 4 is 0 Å². The van der Waals surface area contributed by atoms with E-state index in [0.29, 0.717) is 13.0 Å². The van der Waals surface area contributed by atoms with Crippen LogP contribution in [0.2, 0.25) is 0 Å². The highest BCUT2D eigenvalue weighted by atomic mass is 19.3. The lowest BCUT2D eigenvalue weighted by atomic mass is 9.83. The van der Waals surface area contributed by atoms with E-state index in [0.717, 1.165) is 0 Å². The Labute approximate surface area is 87.3 Å². The minimum Gasteiger partial charge on any atom is -0.337 e. The van der Waals surface area contributed by atoms with E-state index in [1.165, 1.54) is 0 Å². The second kappa shape index (κ2) is 3.89. The van der Waals surface area contributed by atoms with Crippen LogP contribution >= 0.6 is 0 Å². The van der Waals surface area contributed by atoms with E-state index in [2.05, 4.69) is 4.98 Å². The molecule has 3 nitrogen and oxygen atoms in total. The minimum atomic E-state index is -2.56. The van der Waals surface area contributed by atoms with Crippen molar-refractivity contribution in [1.29, 1.82) is 0 Å². The van der Waals surface area contributed by atoms with E-state index in [1.807, 2.05) is 10.8 Å². The number of rotatable bonds is 2. The van der Waals surface area contributed by atoms with Gasteiger partial charge in [-0.25, -0.2) is 13.8 Å². The number of halogens is 2. The van der Waals surface area contributed by atoms with E-state index in [-0.39, 0.29) is 18.8 Å². The summed E-state index contributed by atoms with van der Waals surface area (Å²) in [5.74, 6) is -2.43. The van der Waals surface area contributed by atoms with Crippen molar-refractivity contribution in [3.8, 4) is 0 Å². The molecule has 1 aromatic heterocycles. The van der Waals surface area contributed by atoms with Gasteiger partial charge in [0.25, 0.3) is 0 Å². The van der Waals surface area contributed by atoms with Crippen LogP contribution in [0, 0.1) is 5.92 Å². The number of hydrogen-bond donors (Lipinski definition) is 1. The third kappa shape index (κ3) is 2.53. The van der Waals surface area contributed by atoms with Gasteiger partial charge < -0.3 is 10.3 Å². The first-order chi connectivity index (χ1) is 7.07. The van der Waals surface area contributed by atoms with Gasteiger partial charge in [0.15, 0.2) is 0 Å². The van der Waals surface area contributed by atoms with Gasteiger partial charge in [-0.1, -0.05) is 0 Å². The molecule has 0 amide bonds. The summed E-state index contributed by atoms with van der Waals surface area (Å²) in [6.45, 7) is 0.692. The molecule has 2 rings (SSSR count). The molecule has 1 aliphatic rings. The van der Waals surface area contributed by atoms with Crippen LogP contribution in [0.5, 0.6) is 0 Å². The predicted molar refractivity (Wildman–Crippen MR) is 52.5 cm³/mol. The molecule has 0 aliphatic heterocycles. The molecule has 1 fully saturated rings. The maximum Gasteiger partial charge on any atom is 0.249 e. The number of alkyl halides is 2. The van der Waals surface area contributed by atoms with E-state index in [1.54, 1.807) is 12.5 Å². The molecule has 2 atom stereocenters. The summed E-state index contributed by atoms with van der Waals surface area (Å²) in [4.78, 5) is 3.92. The van der Waals surface area contributed by atoms with Crippen LogP contribution < -0.4 is 5.73 Å². The van der Waals surface area contributed by atoms with Gasteiger partial charge in [-0.15, -0.1) is 0 Å². The lowest BCUT2D eigenvalue weighted by molar-refractivity contribution is -0.0549. The molecular formula is C10H15F2N3. The second-order valence-electron chi connectivity index (χ2n) is 4.28. The minimum absolute atomic E-state index is 0.0416. The Bertz CT molecular complexity index is 310. The molecule has 1 heterocycles. The number of aromatic nitrogens is 2. The summed E-state index contributed by atoms with van der Waals surface area (Å²) < 4.78 is 27.9. The van der Waals surface area contributed by atoms with Crippen LogP contribution in [0.15, 0.2) is 18.7 Å². The predicted octanol–water partition coefficient (Wildman–Crippen LogP) is 1.65. The van der Waals surface area contributed by atoms with Gasteiger partial charge in [-0.05, 0) is 12.3 Å². The monoisotopic (exact) mass is 215 g/mol. The third-order valence-corrected chi connectivity index (χ3v) is 3.03. The highest BCUT2D eigenvalue weighted by Gasteiger charge is 2.39. The summed E-state index contributed by atoms with van der Waals surface area (Å²) in [5, 5.41) is 0. The number of nitrogens with zero attached hydrogens (tertiary/aromatic N) is 2.